The topological polar surface area (TPSA) is 50.2 Å². The molecule has 5 aromatic rings. The number of aromatic nitrogens is 1. The van der Waals surface area contributed by atoms with E-state index in [2.05, 4.69) is 91.9 Å². The molecule has 0 aliphatic heterocycles. The average molecular weight is 669 g/mol. The molecular weight excluding hydrogens is 643 g/mol. The van der Waals surface area contributed by atoms with Crippen molar-refractivity contribution in [3.05, 3.63) is 114 Å². The molecular formula is C31H26IrNO2S-. The molecule has 3 nitrogen and oxygen atoms in total. The molecule has 2 aromatic heterocycles. The van der Waals surface area contributed by atoms with Crippen LogP contribution in [0.15, 0.2) is 103 Å². The number of fused-ring (bicyclic) bond motifs is 1. The summed E-state index contributed by atoms with van der Waals surface area (Å²) in [7, 11) is 0. The van der Waals surface area contributed by atoms with Crippen molar-refractivity contribution < 1.29 is 30.0 Å². The summed E-state index contributed by atoms with van der Waals surface area (Å²) in [6, 6.07) is 35.1. The van der Waals surface area contributed by atoms with E-state index in [1.54, 1.807) is 11.3 Å². The van der Waals surface area contributed by atoms with Crippen molar-refractivity contribution in [2.75, 3.05) is 0 Å². The van der Waals surface area contributed by atoms with Gasteiger partial charge in [-0.2, -0.15) is 0 Å². The number of rotatable bonds is 4. The number of carbonyl (C=O) groups is 1. The third-order valence-corrected chi connectivity index (χ3v) is 6.45. The summed E-state index contributed by atoms with van der Waals surface area (Å²) in [4.78, 5) is 16.2. The number of nitrogens with zero attached hydrogens (tertiary/aromatic N) is 1. The molecule has 183 valence electrons. The van der Waals surface area contributed by atoms with Gasteiger partial charge >= 0.3 is 0 Å². The summed E-state index contributed by atoms with van der Waals surface area (Å²) in [5, 5.41) is 8.36. The quantitative estimate of drug-likeness (QED) is 0.119. The normalized spacial score (nSPS) is 10.8. The van der Waals surface area contributed by atoms with Gasteiger partial charge in [0.2, 0.25) is 0 Å². The fraction of sp³-hybridized carbons (Fsp3) is 0.0968. The Labute approximate surface area is 229 Å². The number of pyridine rings is 1. The summed E-state index contributed by atoms with van der Waals surface area (Å²) < 4.78 is 1.21. The van der Waals surface area contributed by atoms with Crippen LogP contribution in [0.4, 0.5) is 0 Å². The minimum absolute atomic E-state index is 0. The molecule has 2 heterocycles. The number of aliphatic hydroxyl groups excluding tert-OH is 1. The molecule has 5 heteroatoms. The van der Waals surface area contributed by atoms with Crippen molar-refractivity contribution in [2.45, 2.75) is 20.8 Å². The minimum Gasteiger partial charge on any atom is -0.512 e. The molecule has 0 unspecified atom stereocenters. The molecule has 3 aromatic carbocycles. The van der Waals surface area contributed by atoms with Crippen molar-refractivity contribution >= 4 is 27.3 Å². The van der Waals surface area contributed by atoms with Crippen LogP contribution in [0.2, 0.25) is 0 Å². The van der Waals surface area contributed by atoms with E-state index >= 15 is 0 Å². The first-order valence-electron chi connectivity index (χ1n) is 11.3. The van der Waals surface area contributed by atoms with Gasteiger partial charge in [0.15, 0.2) is 5.78 Å². The molecule has 1 radical (unpaired) electrons. The number of aliphatic hydroxyl groups is 1. The fourth-order valence-corrected chi connectivity index (χ4v) is 4.66. The molecule has 0 aliphatic carbocycles. The predicted molar refractivity (Wildman–Crippen MR) is 147 cm³/mol. The summed E-state index contributed by atoms with van der Waals surface area (Å²) in [5.74, 6) is -0.0625. The Hall–Kier alpha value is -3.37. The van der Waals surface area contributed by atoms with E-state index in [1.165, 1.54) is 51.8 Å². The summed E-state index contributed by atoms with van der Waals surface area (Å²) in [6.07, 6.45) is 1.17. The van der Waals surface area contributed by atoms with Gasteiger partial charge in [-0.05, 0) is 49.7 Å². The van der Waals surface area contributed by atoms with E-state index in [1.807, 2.05) is 12.1 Å². The van der Waals surface area contributed by atoms with Crippen molar-refractivity contribution in [1.29, 1.82) is 0 Å². The first-order valence-corrected chi connectivity index (χ1v) is 12.1. The third kappa shape index (κ3) is 7.08. The van der Waals surface area contributed by atoms with Crippen LogP contribution in [-0.2, 0) is 24.9 Å². The van der Waals surface area contributed by atoms with E-state index in [4.69, 9.17) is 10.1 Å². The molecule has 0 saturated heterocycles. The van der Waals surface area contributed by atoms with Gasteiger partial charge in [0, 0.05) is 31.1 Å². The van der Waals surface area contributed by atoms with Gasteiger partial charge in [-0.25, -0.2) is 0 Å². The van der Waals surface area contributed by atoms with E-state index < -0.39 is 0 Å². The maximum atomic E-state index is 10.0. The maximum absolute atomic E-state index is 10.0. The summed E-state index contributed by atoms with van der Waals surface area (Å²) >= 11 is 1.79. The van der Waals surface area contributed by atoms with Crippen molar-refractivity contribution in [2.24, 2.45) is 0 Å². The van der Waals surface area contributed by atoms with E-state index in [-0.39, 0.29) is 31.6 Å². The summed E-state index contributed by atoms with van der Waals surface area (Å²) in [5.41, 5.74) is 7.92. The first-order chi connectivity index (χ1) is 16.9. The molecule has 0 saturated carbocycles. The smallest absolute Gasteiger partial charge is 0.155 e. The zero-order chi connectivity index (χ0) is 24.8. The number of benzene rings is 3. The van der Waals surface area contributed by atoms with Gasteiger partial charge in [-0.1, -0.05) is 66.2 Å². The largest absolute Gasteiger partial charge is 0.512 e. The molecule has 0 aliphatic rings. The van der Waals surface area contributed by atoms with Crippen molar-refractivity contribution in [3.8, 4) is 32.8 Å². The van der Waals surface area contributed by atoms with Crippen LogP contribution in [0.3, 0.4) is 0 Å². The Morgan fingerprint density at radius 1 is 0.889 bits per heavy atom. The number of aryl methyl sites for hydroxylation is 1. The molecule has 36 heavy (non-hydrogen) atoms. The molecule has 0 bridgehead atoms. The third-order valence-electron chi connectivity index (χ3n) is 5.31. The summed E-state index contributed by atoms with van der Waals surface area (Å²) in [6.45, 7) is 4.96. The van der Waals surface area contributed by atoms with Gasteiger partial charge in [-0.15, -0.1) is 46.7 Å². The second-order valence-electron chi connectivity index (χ2n) is 8.31. The molecule has 0 atom stereocenters. The molecule has 0 fully saturated rings. The molecule has 0 spiro atoms. The van der Waals surface area contributed by atoms with E-state index in [0.29, 0.717) is 0 Å². The monoisotopic (exact) mass is 669 g/mol. The minimum atomic E-state index is -0.125. The number of carbonyl (C=O) groups excluding carboxylic acids is 1. The SMILES string of the molecule is CC(=O)/C=C(/C)O.Cc1ccc(-c2cc3nc(-c4[c-]ccc(-c5ccccc5)c4)ccc3s2)cc1.[Ir]. The zero-order valence-corrected chi connectivity index (χ0v) is 23.5. The standard InChI is InChI=1S/C26H18NS.C5H8O2.Ir/c1-18-10-12-20(13-11-18)26-17-24-25(28-26)15-14-23(27-24)22-9-5-8-21(16-22)19-6-3-2-4-7-19;1-4(6)3-5(2)7;/h2-8,10-17H,1H3;3,6H,1-2H3;/q-1;;/b;4-3-;. The molecule has 1 N–H and O–H groups in total. The Morgan fingerprint density at radius 2 is 1.61 bits per heavy atom. The van der Waals surface area contributed by atoms with Gasteiger partial charge in [0.1, 0.15) is 0 Å². The Morgan fingerprint density at radius 3 is 2.25 bits per heavy atom. The Balaban J connectivity index is 0.000000400. The van der Waals surface area contributed by atoms with Gasteiger partial charge in [-0.3, -0.25) is 9.78 Å². The number of ketones is 1. The maximum Gasteiger partial charge on any atom is 0.155 e. The Kier molecular flexibility index (Phi) is 9.49. The van der Waals surface area contributed by atoms with Crippen molar-refractivity contribution in [3.63, 3.8) is 0 Å². The van der Waals surface area contributed by atoms with Crippen molar-refractivity contribution in [1.82, 2.24) is 4.98 Å². The zero-order valence-electron chi connectivity index (χ0n) is 20.3. The average Bonchev–Trinajstić information content (AvgIpc) is 3.28. The molecule has 0 amide bonds. The number of thiophene rings is 1. The number of hydrogen-bond acceptors (Lipinski definition) is 4. The first kappa shape index (κ1) is 27.2. The molecule has 5 rings (SSSR count). The van der Waals surface area contributed by atoms with Crippen LogP contribution in [0.25, 0.3) is 43.0 Å². The Bertz CT molecular complexity index is 1480. The number of hydrogen-bond donors (Lipinski definition) is 1. The van der Waals surface area contributed by atoms with E-state index in [0.717, 1.165) is 16.8 Å². The van der Waals surface area contributed by atoms with Crippen LogP contribution < -0.4 is 0 Å². The van der Waals surface area contributed by atoms with E-state index in [9.17, 15) is 4.79 Å². The van der Waals surface area contributed by atoms with Gasteiger partial charge < -0.3 is 5.11 Å². The van der Waals surface area contributed by atoms with Crippen LogP contribution in [0, 0.1) is 13.0 Å². The van der Waals surface area contributed by atoms with Crippen LogP contribution in [-0.4, -0.2) is 15.9 Å². The predicted octanol–water partition coefficient (Wildman–Crippen LogP) is 8.44. The van der Waals surface area contributed by atoms with Crippen LogP contribution in [0.1, 0.15) is 19.4 Å². The second-order valence-corrected chi connectivity index (χ2v) is 9.39. The fourth-order valence-electron chi connectivity index (χ4n) is 3.65. The van der Waals surface area contributed by atoms with Gasteiger partial charge in [0.05, 0.1) is 16.0 Å². The van der Waals surface area contributed by atoms with Gasteiger partial charge in [0.25, 0.3) is 0 Å². The number of allylic oxidation sites excluding steroid dienone is 2. The second kappa shape index (κ2) is 12.5. The van der Waals surface area contributed by atoms with Crippen LogP contribution in [0.5, 0.6) is 0 Å². The van der Waals surface area contributed by atoms with Crippen LogP contribution >= 0.6 is 11.3 Å².